The number of carbonyl (C=O) groups excluding carboxylic acids is 1. The molecule has 14 heavy (non-hydrogen) atoms. The molecule has 0 aliphatic heterocycles. The van der Waals surface area contributed by atoms with E-state index in [4.69, 9.17) is 9.84 Å². The number of aliphatic hydroxyl groups is 1. The average molecular weight is 202 g/mol. The fraction of sp³-hybridized carbons (Fsp3) is 0.909. The van der Waals surface area contributed by atoms with E-state index in [1.54, 1.807) is 0 Å². The lowest BCUT2D eigenvalue weighted by Crippen LogP contribution is -2.26. The van der Waals surface area contributed by atoms with Crippen LogP contribution in [0.15, 0.2) is 0 Å². The van der Waals surface area contributed by atoms with Gasteiger partial charge in [0.15, 0.2) is 0 Å². The van der Waals surface area contributed by atoms with Crippen molar-refractivity contribution < 1.29 is 14.6 Å². The van der Waals surface area contributed by atoms with Gasteiger partial charge in [-0.1, -0.05) is 12.8 Å². The topological polar surface area (TPSA) is 46.5 Å². The van der Waals surface area contributed by atoms with E-state index in [1.165, 1.54) is 0 Å². The summed E-state index contributed by atoms with van der Waals surface area (Å²) >= 11 is 0. The normalized spacial score (nSPS) is 11.4. The molecule has 3 heteroatoms. The molecule has 0 rings (SSSR count). The van der Waals surface area contributed by atoms with Gasteiger partial charge in [0.25, 0.3) is 0 Å². The predicted molar refractivity (Wildman–Crippen MR) is 56.0 cm³/mol. The first-order valence-electron chi connectivity index (χ1n) is 5.32. The lowest BCUT2D eigenvalue weighted by Gasteiger charge is -2.21. The highest BCUT2D eigenvalue weighted by atomic mass is 16.5. The monoisotopic (exact) mass is 202 g/mol. The van der Waals surface area contributed by atoms with Crippen LogP contribution in [0.5, 0.6) is 0 Å². The fourth-order valence-electron chi connectivity index (χ4n) is 1.28. The van der Waals surface area contributed by atoms with E-state index in [1.807, 2.05) is 20.8 Å². The number of rotatable bonds is 7. The van der Waals surface area contributed by atoms with Gasteiger partial charge in [-0.3, -0.25) is 4.79 Å². The van der Waals surface area contributed by atoms with E-state index in [-0.39, 0.29) is 18.0 Å². The molecular formula is C11H22O3. The zero-order valence-corrected chi connectivity index (χ0v) is 9.51. The summed E-state index contributed by atoms with van der Waals surface area (Å²) in [5.74, 6) is -0.121. The van der Waals surface area contributed by atoms with E-state index >= 15 is 0 Å². The summed E-state index contributed by atoms with van der Waals surface area (Å²) in [6, 6.07) is 0. The van der Waals surface area contributed by atoms with Gasteiger partial charge in [0.1, 0.15) is 0 Å². The van der Waals surface area contributed by atoms with Gasteiger partial charge in [-0.15, -0.1) is 0 Å². The Bertz CT molecular complexity index is 164. The van der Waals surface area contributed by atoms with Crippen LogP contribution >= 0.6 is 0 Å². The van der Waals surface area contributed by atoms with E-state index in [0.29, 0.717) is 6.61 Å². The molecule has 0 heterocycles. The molecule has 0 saturated carbocycles. The summed E-state index contributed by atoms with van der Waals surface area (Å²) in [4.78, 5) is 11.5. The molecule has 0 fully saturated rings. The average Bonchev–Trinajstić information content (AvgIpc) is 2.13. The second-order valence-electron chi connectivity index (χ2n) is 4.14. The van der Waals surface area contributed by atoms with Crippen LogP contribution in [-0.2, 0) is 9.53 Å². The van der Waals surface area contributed by atoms with Gasteiger partial charge in [0.2, 0.25) is 0 Å². The quantitative estimate of drug-likeness (QED) is 0.508. The maximum absolute atomic E-state index is 11.5. The minimum Gasteiger partial charge on any atom is -0.466 e. The molecule has 0 spiro atoms. The van der Waals surface area contributed by atoms with E-state index in [0.717, 1.165) is 25.7 Å². The Morgan fingerprint density at radius 2 is 1.93 bits per heavy atom. The minimum atomic E-state index is -0.383. The Kier molecular flexibility index (Phi) is 6.54. The molecule has 0 aromatic carbocycles. The van der Waals surface area contributed by atoms with Crippen LogP contribution in [0.3, 0.4) is 0 Å². The van der Waals surface area contributed by atoms with Crippen molar-refractivity contribution in [2.24, 2.45) is 5.41 Å². The molecule has 0 unspecified atom stereocenters. The van der Waals surface area contributed by atoms with Crippen molar-refractivity contribution in [2.75, 3.05) is 13.2 Å². The van der Waals surface area contributed by atoms with Gasteiger partial charge < -0.3 is 9.84 Å². The van der Waals surface area contributed by atoms with E-state index in [9.17, 15) is 4.79 Å². The van der Waals surface area contributed by atoms with Crippen molar-refractivity contribution >= 4 is 5.97 Å². The first-order chi connectivity index (χ1) is 6.54. The predicted octanol–water partition coefficient (Wildman–Crippen LogP) is 2.13. The lowest BCUT2D eigenvalue weighted by atomic mass is 9.87. The van der Waals surface area contributed by atoms with Crippen molar-refractivity contribution in [1.82, 2.24) is 0 Å². The Hall–Kier alpha value is -0.570. The van der Waals surface area contributed by atoms with Crippen molar-refractivity contribution in [3.8, 4) is 0 Å². The highest BCUT2D eigenvalue weighted by Gasteiger charge is 2.28. The molecule has 84 valence electrons. The van der Waals surface area contributed by atoms with Crippen molar-refractivity contribution in [3.63, 3.8) is 0 Å². The summed E-state index contributed by atoms with van der Waals surface area (Å²) in [6.07, 6.45) is 3.58. The second-order valence-corrected chi connectivity index (χ2v) is 4.14. The van der Waals surface area contributed by atoms with E-state index in [2.05, 4.69) is 0 Å². The number of hydrogen-bond acceptors (Lipinski definition) is 3. The van der Waals surface area contributed by atoms with Gasteiger partial charge in [-0.2, -0.15) is 0 Å². The van der Waals surface area contributed by atoms with Gasteiger partial charge in [-0.25, -0.2) is 0 Å². The van der Waals surface area contributed by atoms with Crippen LogP contribution in [0.1, 0.15) is 46.5 Å². The van der Waals surface area contributed by atoms with Gasteiger partial charge in [0, 0.05) is 6.61 Å². The first kappa shape index (κ1) is 13.4. The zero-order chi connectivity index (χ0) is 11.0. The summed E-state index contributed by atoms with van der Waals surface area (Å²) < 4.78 is 4.98. The Morgan fingerprint density at radius 1 is 1.29 bits per heavy atom. The molecule has 0 aromatic heterocycles. The third kappa shape index (κ3) is 5.22. The molecule has 0 aliphatic carbocycles. The highest BCUT2D eigenvalue weighted by Crippen LogP contribution is 2.25. The van der Waals surface area contributed by atoms with Crippen molar-refractivity contribution in [1.29, 1.82) is 0 Å². The standard InChI is InChI=1S/C11H22O3/c1-4-14-10(13)11(2,3)8-6-5-7-9-12/h12H,4-9H2,1-3H3. The lowest BCUT2D eigenvalue weighted by molar-refractivity contribution is -0.153. The van der Waals surface area contributed by atoms with Crippen LogP contribution in [-0.4, -0.2) is 24.3 Å². The summed E-state index contributed by atoms with van der Waals surface area (Å²) in [5, 5.41) is 8.60. The molecule has 0 radical (unpaired) electrons. The number of unbranched alkanes of at least 4 members (excludes halogenated alkanes) is 2. The summed E-state index contributed by atoms with van der Waals surface area (Å²) in [7, 11) is 0. The molecule has 0 amide bonds. The smallest absolute Gasteiger partial charge is 0.311 e. The molecule has 0 aromatic rings. The minimum absolute atomic E-state index is 0.121. The van der Waals surface area contributed by atoms with Crippen LogP contribution in [0.4, 0.5) is 0 Å². The van der Waals surface area contributed by atoms with Crippen LogP contribution in [0.25, 0.3) is 0 Å². The van der Waals surface area contributed by atoms with Crippen molar-refractivity contribution in [2.45, 2.75) is 46.5 Å². The molecule has 1 N–H and O–H groups in total. The summed E-state index contributed by atoms with van der Waals surface area (Å²) in [5.41, 5.74) is -0.383. The SMILES string of the molecule is CCOC(=O)C(C)(C)CCCCCO. The Balaban J connectivity index is 3.76. The number of esters is 1. The van der Waals surface area contributed by atoms with Crippen molar-refractivity contribution in [3.05, 3.63) is 0 Å². The van der Waals surface area contributed by atoms with Gasteiger partial charge >= 0.3 is 5.97 Å². The number of ether oxygens (including phenoxy) is 1. The first-order valence-corrected chi connectivity index (χ1v) is 5.32. The Labute approximate surface area is 86.5 Å². The van der Waals surface area contributed by atoms with Gasteiger partial charge in [-0.05, 0) is 33.6 Å². The Morgan fingerprint density at radius 3 is 2.43 bits per heavy atom. The number of hydrogen-bond donors (Lipinski definition) is 1. The molecule has 0 bridgehead atoms. The van der Waals surface area contributed by atoms with Crippen LogP contribution < -0.4 is 0 Å². The van der Waals surface area contributed by atoms with E-state index < -0.39 is 0 Å². The molecule has 0 aliphatic rings. The molecule has 0 saturated heterocycles. The van der Waals surface area contributed by atoms with Gasteiger partial charge in [0.05, 0.1) is 12.0 Å². The fourth-order valence-corrected chi connectivity index (χ4v) is 1.28. The largest absolute Gasteiger partial charge is 0.466 e. The molecular weight excluding hydrogens is 180 g/mol. The third-order valence-corrected chi connectivity index (χ3v) is 2.29. The van der Waals surface area contributed by atoms with Crippen LogP contribution in [0, 0.1) is 5.41 Å². The number of aliphatic hydroxyl groups excluding tert-OH is 1. The number of carbonyl (C=O) groups is 1. The second kappa shape index (κ2) is 6.82. The summed E-state index contributed by atoms with van der Waals surface area (Å²) in [6.45, 7) is 6.31. The molecule has 3 nitrogen and oxygen atoms in total. The van der Waals surface area contributed by atoms with Crippen LogP contribution in [0.2, 0.25) is 0 Å². The molecule has 0 atom stereocenters. The maximum atomic E-state index is 11.5. The maximum Gasteiger partial charge on any atom is 0.311 e. The third-order valence-electron chi connectivity index (χ3n) is 2.29. The zero-order valence-electron chi connectivity index (χ0n) is 9.51. The highest BCUT2D eigenvalue weighted by molar-refractivity contribution is 5.75.